The van der Waals surface area contributed by atoms with Crippen LogP contribution in [0.1, 0.15) is 76.7 Å². The number of nitrogens with zero attached hydrogens (tertiary/aromatic N) is 2. The molecule has 1 aromatic carbocycles. The van der Waals surface area contributed by atoms with E-state index in [1.165, 1.54) is 16.8 Å². The Bertz CT molecular complexity index is 883. The molecule has 5 nitrogen and oxygen atoms in total. The van der Waals surface area contributed by atoms with Crippen LogP contribution < -0.4 is 0 Å². The molecule has 0 radical (unpaired) electrons. The predicted octanol–water partition coefficient (Wildman–Crippen LogP) is 5.21. The summed E-state index contributed by atoms with van der Waals surface area (Å²) in [7, 11) is -4.14. The number of hydrogen-bond donors (Lipinski definition) is 0. The van der Waals surface area contributed by atoms with Gasteiger partial charge in [-0.05, 0) is 50.3 Å². The molecule has 1 saturated carbocycles. The van der Waals surface area contributed by atoms with Crippen molar-refractivity contribution in [1.82, 2.24) is 9.21 Å². The quantitative estimate of drug-likeness (QED) is 0.545. The van der Waals surface area contributed by atoms with Crippen LogP contribution >= 0.6 is 0 Å². The van der Waals surface area contributed by atoms with Crippen LogP contribution in [-0.4, -0.2) is 48.7 Å². The van der Waals surface area contributed by atoms with Crippen LogP contribution in [0.4, 0.5) is 13.2 Å². The summed E-state index contributed by atoms with van der Waals surface area (Å²) >= 11 is 0. The van der Waals surface area contributed by atoms with E-state index in [0.29, 0.717) is 25.5 Å². The second-order valence-electron chi connectivity index (χ2n) is 8.87. The van der Waals surface area contributed by atoms with Gasteiger partial charge in [0.05, 0.1) is 10.5 Å². The fourth-order valence-corrected chi connectivity index (χ4v) is 6.67. The Morgan fingerprint density at radius 1 is 1.09 bits per heavy atom. The van der Waals surface area contributed by atoms with Gasteiger partial charge in [-0.2, -0.15) is 17.5 Å². The lowest BCUT2D eigenvalue weighted by Crippen LogP contribution is -2.48. The van der Waals surface area contributed by atoms with E-state index in [9.17, 15) is 26.4 Å². The number of halogens is 3. The van der Waals surface area contributed by atoms with Crippen LogP contribution in [0.3, 0.4) is 0 Å². The molecule has 1 amide bonds. The zero-order valence-electron chi connectivity index (χ0n) is 18.6. The number of piperidine rings is 1. The summed E-state index contributed by atoms with van der Waals surface area (Å²) in [5.41, 5.74) is -0.991. The zero-order chi connectivity index (χ0) is 23.4. The lowest BCUT2D eigenvalue weighted by atomic mass is 9.93. The number of amides is 1. The van der Waals surface area contributed by atoms with Crippen molar-refractivity contribution in [3.8, 4) is 0 Å². The van der Waals surface area contributed by atoms with Gasteiger partial charge in [-0.15, -0.1) is 0 Å². The number of carbonyl (C=O) groups excluding carboxylic acids is 1. The van der Waals surface area contributed by atoms with E-state index in [0.717, 1.165) is 50.7 Å². The summed E-state index contributed by atoms with van der Waals surface area (Å²) in [5.74, 6) is -0.0464. The van der Waals surface area contributed by atoms with Gasteiger partial charge in [0.25, 0.3) is 0 Å². The maximum Gasteiger partial charge on any atom is 0.416 e. The Morgan fingerprint density at radius 2 is 1.78 bits per heavy atom. The molecule has 0 bridgehead atoms. The fraction of sp³-hybridized carbons (Fsp3) is 0.696. The number of hydrogen-bond acceptors (Lipinski definition) is 3. The van der Waals surface area contributed by atoms with E-state index in [4.69, 9.17) is 0 Å². The highest BCUT2D eigenvalue weighted by Crippen LogP contribution is 2.33. The maximum atomic E-state index is 13.3. The molecule has 0 N–H and O–H groups in total. The first kappa shape index (κ1) is 25.0. The molecule has 9 heteroatoms. The smallest absolute Gasteiger partial charge is 0.340 e. The molecule has 1 aliphatic heterocycles. The molecule has 0 spiro atoms. The first-order chi connectivity index (χ1) is 15.1. The first-order valence-corrected chi connectivity index (χ1v) is 13.1. The van der Waals surface area contributed by atoms with Gasteiger partial charge < -0.3 is 4.90 Å². The number of rotatable bonds is 7. The van der Waals surface area contributed by atoms with Crippen molar-refractivity contribution in [2.75, 3.05) is 13.1 Å². The van der Waals surface area contributed by atoms with Crippen molar-refractivity contribution in [2.24, 2.45) is 0 Å². The minimum absolute atomic E-state index is 0.0464. The van der Waals surface area contributed by atoms with Crippen LogP contribution in [0.25, 0.3) is 0 Å². The van der Waals surface area contributed by atoms with E-state index >= 15 is 0 Å². The molecule has 32 heavy (non-hydrogen) atoms. The maximum absolute atomic E-state index is 13.3. The Balaban J connectivity index is 1.81. The molecule has 3 rings (SSSR count). The highest BCUT2D eigenvalue weighted by atomic mass is 32.2. The molecule has 1 aromatic rings. The van der Waals surface area contributed by atoms with Crippen molar-refractivity contribution in [2.45, 2.75) is 94.3 Å². The highest BCUT2D eigenvalue weighted by molar-refractivity contribution is 7.89. The second-order valence-corrected chi connectivity index (χ2v) is 10.8. The molecule has 1 unspecified atom stereocenters. The summed E-state index contributed by atoms with van der Waals surface area (Å²) in [4.78, 5) is 14.8. The third-order valence-electron chi connectivity index (χ3n) is 6.55. The van der Waals surface area contributed by atoms with Gasteiger partial charge in [-0.1, -0.05) is 38.7 Å². The lowest BCUT2D eigenvalue weighted by Gasteiger charge is -2.38. The van der Waals surface area contributed by atoms with Crippen LogP contribution in [0.15, 0.2) is 29.2 Å². The number of sulfonamides is 1. The minimum atomic E-state index is -4.62. The molecule has 2 aliphatic rings. The van der Waals surface area contributed by atoms with Gasteiger partial charge in [0.1, 0.15) is 0 Å². The zero-order valence-corrected chi connectivity index (χ0v) is 19.4. The minimum Gasteiger partial charge on any atom is -0.340 e. The third-order valence-corrected chi connectivity index (χ3v) is 8.50. The first-order valence-electron chi connectivity index (χ1n) is 11.6. The molecular weight excluding hydrogens is 441 g/mol. The van der Waals surface area contributed by atoms with Crippen molar-refractivity contribution >= 4 is 15.9 Å². The second kappa shape index (κ2) is 10.5. The standard InChI is InChI=1S/C23H33F3N2O3S/c1-2-14-27(19-10-4-3-5-11-19)22(29)17-20-12-6-7-15-28(20)32(30,31)21-13-8-9-18(16-21)23(24,25)26/h8-9,13,16,19-20H,2-7,10-12,14-15,17H2,1H3. The van der Waals surface area contributed by atoms with Gasteiger partial charge in [-0.25, -0.2) is 8.42 Å². The average molecular weight is 475 g/mol. The molecular formula is C23H33F3N2O3S. The summed E-state index contributed by atoms with van der Waals surface area (Å²) in [6.45, 7) is 2.89. The van der Waals surface area contributed by atoms with Crippen molar-refractivity contribution in [3.63, 3.8) is 0 Å². The van der Waals surface area contributed by atoms with E-state index in [2.05, 4.69) is 0 Å². The van der Waals surface area contributed by atoms with E-state index in [1.54, 1.807) is 0 Å². The van der Waals surface area contributed by atoms with Gasteiger partial charge in [0.15, 0.2) is 0 Å². The van der Waals surface area contributed by atoms with Gasteiger partial charge in [0.2, 0.25) is 15.9 Å². The summed E-state index contributed by atoms with van der Waals surface area (Å²) in [6.07, 6.45) is 3.57. The van der Waals surface area contributed by atoms with E-state index in [-0.39, 0.29) is 29.8 Å². The van der Waals surface area contributed by atoms with Crippen LogP contribution in [0.2, 0.25) is 0 Å². The topological polar surface area (TPSA) is 57.7 Å². The van der Waals surface area contributed by atoms with E-state index < -0.39 is 27.8 Å². The van der Waals surface area contributed by atoms with E-state index in [1.807, 2.05) is 11.8 Å². The molecule has 1 aliphatic carbocycles. The largest absolute Gasteiger partial charge is 0.416 e. The molecule has 1 atom stereocenters. The number of benzene rings is 1. The third kappa shape index (κ3) is 5.84. The normalized spacial score (nSPS) is 21.4. The average Bonchev–Trinajstić information content (AvgIpc) is 2.77. The SMILES string of the molecule is CCCN(C(=O)CC1CCCCN1S(=O)(=O)c1cccc(C(F)(F)F)c1)C1CCCCC1. The summed E-state index contributed by atoms with van der Waals surface area (Å²) < 4.78 is 67.2. The predicted molar refractivity (Wildman–Crippen MR) is 116 cm³/mol. The molecule has 1 heterocycles. The number of carbonyl (C=O) groups is 1. The Kier molecular flexibility index (Phi) is 8.25. The van der Waals surface area contributed by atoms with Crippen LogP contribution in [0.5, 0.6) is 0 Å². The molecule has 1 saturated heterocycles. The Hall–Kier alpha value is -1.61. The van der Waals surface area contributed by atoms with Crippen molar-refractivity contribution < 1.29 is 26.4 Å². The fourth-order valence-electron chi connectivity index (χ4n) is 4.93. The monoisotopic (exact) mass is 474 g/mol. The lowest BCUT2D eigenvalue weighted by molar-refractivity contribution is -0.138. The highest BCUT2D eigenvalue weighted by Gasteiger charge is 2.38. The molecule has 180 valence electrons. The molecule has 0 aromatic heterocycles. The Labute approximate surface area is 189 Å². The van der Waals surface area contributed by atoms with Gasteiger partial charge >= 0.3 is 6.18 Å². The van der Waals surface area contributed by atoms with Gasteiger partial charge in [-0.3, -0.25) is 4.79 Å². The van der Waals surface area contributed by atoms with Crippen molar-refractivity contribution in [3.05, 3.63) is 29.8 Å². The molecule has 2 fully saturated rings. The summed E-state index contributed by atoms with van der Waals surface area (Å²) in [5, 5.41) is 0. The summed E-state index contributed by atoms with van der Waals surface area (Å²) in [6, 6.07) is 3.54. The van der Waals surface area contributed by atoms with Crippen LogP contribution in [0, 0.1) is 0 Å². The number of alkyl halides is 3. The van der Waals surface area contributed by atoms with Crippen molar-refractivity contribution in [1.29, 1.82) is 0 Å². The Morgan fingerprint density at radius 3 is 2.44 bits per heavy atom. The van der Waals surface area contributed by atoms with Gasteiger partial charge in [0, 0.05) is 31.6 Å². The van der Waals surface area contributed by atoms with Crippen LogP contribution in [-0.2, 0) is 21.0 Å².